The van der Waals surface area contributed by atoms with Crippen LogP contribution >= 0.6 is 31.9 Å². The van der Waals surface area contributed by atoms with Gasteiger partial charge in [-0.25, -0.2) is 0 Å². The molecule has 0 unspecified atom stereocenters. The van der Waals surface area contributed by atoms with Gasteiger partial charge in [-0.15, -0.1) is 0 Å². The summed E-state index contributed by atoms with van der Waals surface area (Å²) >= 11 is 6.76. The number of rotatable bonds is 2. The normalized spacial score (nSPS) is 10.3. The zero-order valence-electron chi connectivity index (χ0n) is 10.2. The Morgan fingerprint density at radius 1 is 1.16 bits per heavy atom. The van der Waals surface area contributed by atoms with E-state index in [1.165, 1.54) is 0 Å². The molecule has 0 aliphatic heterocycles. The van der Waals surface area contributed by atoms with Gasteiger partial charge in [0.1, 0.15) is 0 Å². The molecule has 0 aliphatic carbocycles. The Morgan fingerprint density at radius 3 is 2.53 bits per heavy atom. The lowest BCUT2D eigenvalue weighted by molar-refractivity contribution is 0.0992. The van der Waals surface area contributed by atoms with Crippen LogP contribution in [0.3, 0.4) is 0 Å². The maximum absolute atomic E-state index is 12.5. The van der Waals surface area contributed by atoms with Crippen molar-refractivity contribution in [2.24, 2.45) is 0 Å². The average Bonchev–Trinajstić information content (AvgIpc) is 2.40. The van der Waals surface area contributed by atoms with E-state index in [1.807, 2.05) is 30.3 Å². The van der Waals surface area contributed by atoms with Gasteiger partial charge < -0.3 is 10.6 Å². The highest BCUT2D eigenvalue weighted by Crippen LogP contribution is 2.27. The zero-order valence-corrected chi connectivity index (χ0v) is 13.4. The summed E-state index contributed by atoms with van der Waals surface area (Å²) in [6.45, 7) is 0. The maximum atomic E-state index is 12.5. The van der Waals surface area contributed by atoms with Gasteiger partial charge in [-0.1, -0.05) is 28.1 Å². The SMILES string of the molecule is CN(C(=O)c1cc(Br)ccc1Br)c1ccccc1N. The third-order valence-corrected chi connectivity index (χ3v) is 3.95. The van der Waals surface area contributed by atoms with Gasteiger partial charge >= 0.3 is 0 Å². The summed E-state index contributed by atoms with van der Waals surface area (Å²) in [5.41, 5.74) is 7.74. The van der Waals surface area contributed by atoms with Crippen molar-refractivity contribution in [3.63, 3.8) is 0 Å². The van der Waals surface area contributed by atoms with Crippen LogP contribution in [0.1, 0.15) is 10.4 Å². The number of hydrogen-bond acceptors (Lipinski definition) is 2. The van der Waals surface area contributed by atoms with Crippen molar-refractivity contribution < 1.29 is 4.79 Å². The van der Waals surface area contributed by atoms with E-state index in [-0.39, 0.29) is 5.91 Å². The van der Waals surface area contributed by atoms with Gasteiger partial charge in [0.15, 0.2) is 0 Å². The average molecular weight is 384 g/mol. The Labute approximate surface area is 128 Å². The van der Waals surface area contributed by atoms with Gasteiger partial charge in [-0.3, -0.25) is 4.79 Å². The lowest BCUT2D eigenvalue weighted by Gasteiger charge is -2.20. The molecule has 0 atom stereocenters. The molecule has 0 aromatic heterocycles. The smallest absolute Gasteiger partial charge is 0.259 e. The second-order valence-electron chi connectivity index (χ2n) is 4.05. The molecule has 0 aliphatic rings. The molecule has 2 aromatic carbocycles. The number of nitrogens with zero attached hydrogens (tertiary/aromatic N) is 1. The van der Waals surface area contributed by atoms with Crippen molar-refractivity contribution in [2.45, 2.75) is 0 Å². The van der Waals surface area contributed by atoms with E-state index in [2.05, 4.69) is 31.9 Å². The lowest BCUT2D eigenvalue weighted by Crippen LogP contribution is -2.27. The Bertz CT molecular complexity index is 629. The van der Waals surface area contributed by atoms with E-state index in [4.69, 9.17) is 5.73 Å². The number of para-hydroxylation sites is 2. The summed E-state index contributed by atoms with van der Waals surface area (Å²) in [5, 5.41) is 0. The first-order valence-electron chi connectivity index (χ1n) is 5.58. The molecule has 0 bridgehead atoms. The summed E-state index contributed by atoms with van der Waals surface area (Å²) in [6, 6.07) is 12.8. The topological polar surface area (TPSA) is 46.3 Å². The minimum absolute atomic E-state index is 0.119. The van der Waals surface area contributed by atoms with Crippen LogP contribution in [0, 0.1) is 0 Å². The summed E-state index contributed by atoms with van der Waals surface area (Å²) in [7, 11) is 1.71. The van der Waals surface area contributed by atoms with Gasteiger partial charge in [0.25, 0.3) is 5.91 Å². The highest BCUT2D eigenvalue weighted by atomic mass is 79.9. The molecule has 0 radical (unpaired) electrons. The summed E-state index contributed by atoms with van der Waals surface area (Å²) in [4.78, 5) is 14.0. The number of carbonyl (C=O) groups is 1. The first kappa shape index (κ1) is 14.1. The minimum atomic E-state index is -0.119. The fourth-order valence-corrected chi connectivity index (χ4v) is 2.52. The standard InChI is InChI=1S/C14H12Br2N2O/c1-18(13-5-3-2-4-12(13)17)14(19)10-8-9(15)6-7-11(10)16/h2-8H,17H2,1H3. The second-order valence-corrected chi connectivity index (χ2v) is 5.82. The molecule has 2 rings (SSSR count). The number of hydrogen-bond donors (Lipinski definition) is 1. The highest BCUT2D eigenvalue weighted by molar-refractivity contribution is 9.11. The van der Waals surface area contributed by atoms with Crippen LogP contribution in [0.4, 0.5) is 11.4 Å². The van der Waals surface area contributed by atoms with Crippen LogP contribution in [0.25, 0.3) is 0 Å². The Balaban J connectivity index is 2.39. The van der Waals surface area contributed by atoms with Gasteiger partial charge in [0.2, 0.25) is 0 Å². The fourth-order valence-electron chi connectivity index (χ4n) is 1.74. The van der Waals surface area contributed by atoms with E-state index in [1.54, 1.807) is 24.1 Å². The van der Waals surface area contributed by atoms with E-state index >= 15 is 0 Å². The number of benzene rings is 2. The molecular weight excluding hydrogens is 372 g/mol. The molecule has 3 nitrogen and oxygen atoms in total. The summed E-state index contributed by atoms with van der Waals surface area (Å²) in [5.74, 6) is -0.119. The number of nitrogens with two attached hydrogens (primary N) is 1. The number of carbonyl (C=O) groups excluding carboxylic acids is 1. The number of halogens is 2. The molecule has 0 saturated heterocycles. The molecule has 19 heavy (non-hydrogen) atoms. The molecule has 0 saturated carbocycles. The van der Waals surface area contributed by atoms with Gasteiger partial charge in [-0.05, 0) is 46.3 Å². The molecule has 5 heteroatoms. The predicted molar refractivity (Wildman–Crippen MR) is 85.4 cm³/mol. The third-order valence-electron chi connectivity index (χ3n) is 2.76. The molecule has 1 amide bonds. The molecule has 0 heterocycles. The largest absolute Gasteiger partial charge is 0.397 e. The fraction of sp³-hybridized carbons (Fsp3) is 0.0714. The van der Waals surface area contributed by atoms with Crippen LogP contribution < -0.4 is 10.6 Å². The summed E-state index contributed by atoms with van der Waals surface area (Å²) < 4.78 is 1.61. The number of amides is 1. The van der Waals surface area contributed by atoms with Crippen molar-refractivity contribution in [3.8, 4) is 0 Å². The van der Waals surface area contributed by atoms with Gasteiger partial charge in [-0.2, -0.15) is 0 Å². The monoisotopic (exact) mass is 382 g/mol. The molecule has 2 aromatic rings. The molecule has 98 valence electrons. The van der Waals surface area contributed by atoms with Crippen molar-refractivity contribution in [1.29, 1.82) is 0 Å². The second kappa shape index (κ2) is 5.75. The van der Waals surface area contributed by atoms with Crippen molar-refractivity contribution in [1.82, 2.24) is 0 Å². The molecule has 2 N–H and O–H groups in total. The van der Waals surface area contributed by atoms with Crippen LogP contribution in [-0.4, -0.2) is 13.0 Å². The van der Waals surface area contributed by atoms with E-state index in [0.717, 1.165) is 8.95 Å². The minimum Gasteiger partial charge on any atom is -0.397 e. The first-order chi connectivity index (χ1) is 9.00. The Kier molecular flexibility index (Phi) is 4.27. The summed E-state index contributed by atoms with van der Waals surface area (Å²) in [6.07, 6.45) is 0. The van der Waals surface area contributed by atoms with Crippen molar-refractivity contribution >= 4 is 49.1 Å². The molecule has 0 fully saturated rings. The Morgan fingerprint density at radius 2 is 1.84 bits per heavy atom. The quantitative estimate of drug-likeness (QED) is 0.794. The van der Waals surface area contributed by atoms with Crippen molar-refractivity contribution in [3.05, 3.63) is 57.0 Å². The van der Waals surface area contributed by atoms with Crippen LogP contribution in [0.5, 0.6) is 0 Å². The Hall–Kier alpha value is -1.33. The van der Waals surface area contributed by atoms with Crippen LogP contribution in [0.2, 0.25) is 0 Å². The van der Waals surface area contributed by atoms with E-state index < -0.39 is 0 Å². The zero-order chi connectivity index (χ0) is 14.0. The van der Waals surface area contributed by atoms with Gasteiger partial charge in [0, 0.05) is 16.0 Å². The highest BCUT2D eigenvalue weighted by Gasteiger charge is 2.18. The maximum Gasteiger partial charge on any atom is 0.259 e. The number of anilines is 2. The van der Waals surface area contributed by atoms with Crippen molar-refractivity contribution in [2.75, 3.05) is 17.7 Å². The van der Waals surface area contributed by atoms with Gasteiger partial charge in [0.05, 0.1) is 16.9 Å². The first-order valence-corrected chi connectivity index (χ1v) is 7.17. The number of nitrogen functional groups attached to an aromatic ring is 1. The molecule has 0 spiro atoms. The van der Waals surface area contributed by atoms with E-state index in [9.17, 15) is 4.79 Å². The predicted octanol–water partition coefficient (Wildman–Crippen LogP) is 4.07. The van der Waals surface area contributed by atoms with Crippen LogP contribution in [0.15, 0.2) is 51.4 Å². The molecular formula is C14H12Br2N2O. The van der Waals surface area contributed by atoms with E-state index in [0.29, 0.717) is 16.9 Å². The lowest BCUT2D eigenvalue weighted by atomic mass is 10.2. The van der Waals surface area contributed by atoms with Crippen LogP contribution in [-0.2, 0) is 0 Å². The third kappa shape index (κ3) is 2.98.